The van der Waals surface area contributed by atoms with Crippen LogP contribution in [0.3, 0.4) is 0 Å². The Bertz CT molecular complexity index is 1340. The summed E-state index contributed by atoms with van der Waals surface area (Å²) in [6.45, 7) is 7.92. The second-order valence-electron chi connectivity index (χ2n) is 9.59. The van der Waals surface area contributed by atoms with E-state index in [1.807, 2.05) is 53.9 Å². The molecule has 2 aromatic carbocycles. The lowest BCUT2D eigenvalue weighted by Crippen LogP contribution is -2.39. The Kier molecular flexibility index (Phi) is 6.48. The average molecular weight is 488 g/mol. The number of nitrogens with one attached hydrogen (secondary N) is 1. The van der Waals surface area contributed by atoms with Gasteiger partial charge in [0.1, 0.15) is 5.82 Å². The molecule has 6 nitrogen and oxygen atoms in total. The molecule has 4 aromatic rings. The second kappa shape index (κ2) is 9.70. The van der Waals surface area contributed by atoms with Crippen LogP contribution in [0, 0.1) is 12.8 Å². The van der Waals surface area contributed by atoms with Crippen molar-refractivity contribution in [3.8, 4) is 11.3 Å². The lowest BCUT2D eigenvalue weighted by atomic mass is 9.95. The van der Waals surface area contributed by atoms with Crippen LogP contribution in [0.4, 0.5) is 11.5 Å². The molecule has 7 heteroatoms. The maximum Gasteiger partial charge on any atom is 0.227 e. The van der Waals surface area contributed by atoms with Crippen LogP contribution in [-0.4, -0.2) is 33.6 Å². The SMILES string of the molecule is Cc1cc(N2CCC(C(=O)Nc3ccc(C(C)C)cc3)CC2)n2nc(-c3ccc(Cl)cc3)cc2n1. The number of amides is 1. The Morgan fingerprint density at radius 1 is 1.03 bits per heavy atom. The molecule has 1 amide bonds. The zero-order chi connectivity index (χ0) is 24.5. The summed E-state index contributed by atoms with van der Waals surface area (Å²) >= 11 is 6.05. The number of halogens is 1. The zero-order valence-electron chi connectivity index (χ0n) is 20.3. The number of rotatable bonds is 5. The first-order valence-electron chi connectivity index (χ1n) is 12.2. The van der Waals surface area contributed by atoms with E-state index in [1.165, 1.54) is 5.56 Å². The van der Waals surface area contributed by atoms with Crippen molar-refractivity contribution in [1.29, 1.82) is 0 Å². The van der Waals surface area contributed by atoms with Gasteiger partial charge in [0, 0.05) is 53.1 Å². The number of nitrogens with zero attached hydrogens (tertiary/aromatic N) is 4. The van der Waals surface area contributed by atoms with Crippen LogP contribution in [0.2, 0.25) is 5.02 Å². The molecular weight excluding hydrogens is 458 g/mol. The van der Waals surface area contributed by atoms with E-state index in [1.54, 1.807) is 0 Å². The zero-order valence-corrected chi connectivity index (χ0v) is 21.1. The number of aromatic nitrogens is 3. The van der Waals surface area contributed by atoms with Crippen molar-refractivity contribution >= 4 is 34.7 Å². The quantitative estimate of drug-likeness (QED) is 0.357. The van der Waals surface area contributed by atoms with Crippen molar-refractivity contribution in [2.45, 2.75) is 39.5 Å². The number of fused-ring (bicyclic) bond motifs is 1. The average Bonchev–Trinajstić information content (AvgIpc) is 3.28. The molecule has 1 fully saturated rings. The highest BCUT2D eigenvalue weighted by molar-refractivity contribution is 6.30. The standard InChI is InChI=1S/C28H30ClN5O/c1-18(2)20-6-10-24(11-7-20)31-28(35)22-12-14-33(15-13-22)27-16-19(3)30-26-17-25(32-34(26)27)21-4-8-23(29)9-5-21/h4-11,16-18,22H,12-15H2,1-3H3,(H,31,35). The van der Waals surface area contributed by atoms with Gasteiger partial charge >= 0.3 is 0 Å². The normalized spacial score (nSPS) is 14.6. The van der Waals surface area contributed by atoms with Gasteiger partial charge in [0.25, 0.3) is 0 Å². The lowest BCUT2D eigenvalue weighted by molar-refractivity contribution is -0.120. The molecule has 35 heavy (non-hydrogen) atoms. The van der Waals surface area contributed by atoms with Gasteiger partial charge in [-0.05, 0) is 55.5 Å². The van der Waals surface area contributed by atoms with E-state index in [0.717, 1.165) is 60.0 Å². The third-order valence-corrected chi connectivity index (χ3v) is 6.96. The molecule has 0 spiro atoms. The molecule has 2 aromatic heterocycles. The highest BCUT2D eigenvalue weighted by Gasteiger charge is 2.27. The third kappa shape index (κ3) is 5.03. The second-order valence-corrected chi connectivity index (χ2v) is 10.0. The molecule has 0 bridgehead atoms. The van der Waals surface area contributed by atoms with Gasteiger partial charge in [-0.2, -0.15) is 9.61 Å². The highest BCUT2D eigenvalue weighted by Crippen LogP contribution is 2.28. The van der Waals surface area contributed by atoms with Crippen LogP contribution in [0.5, 0.6) is 0 Å². The minimum Gasteiger partial charge on any atom is -0.356 e. The Hall–Kier alpha value is -3.38. The Morgan fingerprint density at radius 3 is 2.37 bits per heavy atom. The van der Waals surface area contributed by atoms with Crippen molar-refractivity contribution in [2.24, 2.45) is 5.92 Å². The first-order valence-corrected chi connectivity index (χ1v) is 12.5. The molecule has 0 atom stereocenters. The summed E-state index contributed by atoms with van der Waals surface area (Å²) in [4.78, 5) is 19.9. The topological polar surface area (TPSA) is 62.5 Å². The third-order valence-electron chi connectivity index (χ3n) is 6.71. The van der Waals surface area contributed by atoms with Gasteiger partial charge in [-0.3, -0.25) is 4.79 Å². The summed E-state index contributed by atoms with van der Waals surface area (Å²) in [6, 6.07) is 19.9. The van der Waals surface area contributed by atoms with E-state index in [4.69, 9.17) is 16.7 Å². The molecule has 0 saturated carbocycles. The highest BCUT2D eigenvalue weighted by atomic mass is 35.5. The molecule has 1 aliphatic heterocycles. The van der Waals surface area contributed by atoms with E-state index in [-0.39, 0.29) is 11.8 Å². The Balaban J connectivity index is 1.29. The Labute approximate surface area is 210 Å². The fraction of sp³-hybridized carbons (Fsp3) is 0.321. The number of piperidine rings is 1. The van der Waals surface area contributed by atoms with Crippen LogP contribution in [0.15, 0.2) is 60.7 Å². The molecule has 1 N–H and O–H groups in total. The summed E-state index contributed by atoms with van der Waals surface area (Å²) in [5.74, 6) is 1.58. The van der Waals surface area contributed by atoms with Gasteiger partial charge in [0.05, 0.1) is 5.69 Å². The van der Waals surface area contributed by atoms with Crippen molar-refractivity contribution in [3.63, 3.8) is 0 Å². The maximum atomic E-state index is 12.9. The van der Waals surface area contributed by atoms with Crippen molar-refractivity contribution in [1.82, 2.24) is 14.6 Å². The van der Waals surface area contributed by atoms with E-state index in [2.05, 4.69) is 47.2 Å². The molecule has 1 saturated heterocycles. The van der Waals surface area contributed by atoms with Gasteiger partial charge in [-0.1, -0.05) is 49.7 Å². The van der Waals surface area contributed by atoms with Crippen LogP contribution in [0.25, 0.3) is 16.9 Å². The first kappa shape index (κ1) is 23.4. The van der Waals surface area contributed by atoms with Gasteiger partial charge in [0.15, 0.2) is 5.65 Å². The fourth-order valence-corrected chi connectivity index (χ4v) is 4.76. The van der Waals surface area contributed by atoms with Gasteiger partial charge in [-0.15, -0.1) is 0 Å². The largest absolute Gasteiger partial charge is 0.356 e. The van der Waals surface area contributed by atoms with Crippen molar-refractivity contribution < 1.29 is 4.79 Å². The van der Waals surface area contributed by atoms with Crippen molar-refractivity contribution in [2.75, 3.05) is 23.3 Å². The molecule has 3 heterocycles. The predicted octanol–water partition coefficient (Wildman–Crippen LogP) is 6.34. The predicted molar refractivity (Wildman–Crippen MR) is 142 cm³/mol. The van der Waals surface area contributed by atoms with Crippen LogP contribution < -0.4 is 10.2 Å². The summed E-state index contributed by atoms with van der Waals surface area (Å²) < 4.78 is 1.91. The number of hydrogen-bond acceptors (Lipinski definition) is 4. The number of aryl methyl sites for hydroxylation is 1. The van der Waals surface area contributed by atoms with Crippen LogP contribution in [0.1, 0.15) is 43.9 Å². The summed E-state index contributed by atoms with van der Waals surface area (Å²) in [7, 11) is 0. The number of benzene rings is 2. The summed E-state index contributed by atoms with van der Waals surface area (Å²) in [6.07, 6.45) is 1.59. The molecule has 0 aliphatic carbocycles. The van der Waals surface area contributed by atoms with E-state index < -0.39 is 0 Å². The van der Waals surface area contributed by atoms with E-state index >= 15 is 0 Å². The van der Waals surface area contributed by atoms with Crippen molar-refractivity contribution in [3.05, 3.63) is 76.9 Å². The number of carbonyl (C=O) groups excluding carboxylic acids is 1. The maximum absolute atomic E-state index is 12.9. The molecule has 180 valence electrons. The number of hydrogen-bond donors (Lipinski definition) is 1. The smallest absolute Gasteiger partial charge is 0.227 e. The minimum absolute atomic E-state index is 0.00306. The van der Waals surface area contributed by atoms with Gasteiger partial charge < -0.3 is 10.2 Å². The minimum atomic E-state index is -0.00306. The lowest BCUT2D eigenvalue weighted by Gasteiger charge is -2.33. The molecule has 5 rings (SSSR count). The fourth-order valence-electron chi connectivity index (χ4n) is 4.63. The summed E-state index contributed by atoms with van der Waals surface area (Å²) in [5, 5.41) is 8.65. The molecule has 0 radical (unpaired) electrons. The monoisotopic (exact) mass is 487 g/mol. The van der Waals surface area contributed by atoms with E-state index in [0.29, 0.717) is 10.9 Å². The van der Waals surface area contributed by atoms with E-state index in [9.17, 15) is 4.79 Å². The number of anilines is 2. The molecule has 1 aliphatic rings. The van der Waals surface area contributed by atoms with Gasteiger partial charge in [0.2, 0.25) is 5.91 Å². The van der Waals surface area contributed by atoms with Crippen LogP contribution >= 0.6 is 11.6 Å². The first-order chi connectivity index (χ1) is 16.9. The Morgan fingerprint density at radius 2 is 1.71 bits per heavy atom. The van der Waals surface area contributed by atoms with Gasteiger partial charge in [-0.25, -0.2) is 4.98 Å². The molecule has 0 unspecified atom stereocenters. The summed E-state index contributed by atoms with van der Waals surface area (Å²) in [5.41, 5.74) is 5.75. The molecular formula is C28H30ClN5O. The van der Waals surface area contributed by atoms with Crippen LogP contribution in [-0.2, 0) is 4.79 Å². The number of carbonyl (C=O) groups is 1.